The number of nitriles is 1. The Balaban J connectivity index is 1.97. The first kappa shape index (κ1) is 13.3. The fourth-order valence-corrected chi connectivity index (χ4v) is 2.28. The fraction of sp³-hybridized carbons (Fsp3) is 0. The van der Waals surface area contributed by atoms with Gasteiger partial charge >= 0.3 is 0 Å². The van der Waals surface area contributed by atoms with Gasteiger partial charge in [0.05, 0.1) is 34.7 Å². The molecule has 0 bridgehead atoms. The molecule has 1 aromatic carbocycles. The minimum absolute atomic E-state index is 0.340. The van der Waals surface area contributed by atoms with Gasteiger partial charge in [0.2, 0.25) is 0 Å². The maximum Gasteiger partial charge on any atom is 0.259 e. The molecule has 1 amide bonds. The average Bonchev–Trinajstić information content (AvgIpc) is 2.91. The van der Waals surface area contributed by atoms with Gasteiger partial charge in [-0.3, -0.25) is 9.78 Å². The van der Waals surface area contributed by atoms with Crippen LogP contribution in [0.15, 0.2) is 47.5 Å². The zero-order chi connectivity index (χ0) is 14.8. The Hall–Kier alpha value is -2.72. The van der Waals surface area contributed by atoms with Gasteiger partial charge in [0.25, 0.3) is 5.91 Å². The van der Waals surface area contributed by atoms with E-state index >= 15 is 0 Å². The zero-order valence-electron chi connectivity index (χ0n) is 10.6. The smallest absolute Gasteiger partial charge is 0.259 e. The standard InChI is InChI=1S/C14H8BrN5O/c15-10-2-1-9(6-16)12(5-10)19-14(21)11-7-18-20-4-3-17-8-13(11)20/h1-5,7-8H,(H,19,21). The van der Waals surface area contributed by atoms with Gasteiger partial charge in [0.1, 0.15) is 6.07 Å². The molecule has 0 radical (unpaired) electrons. The average molecular weight is 342 g/mol. The van der Waals surface area contributed by atoms with E-state index in [0.29, 0.717) is 22.3 Å². The van der Waals surface area contributed by atoms with Gasteiger partial charge < -0.3 is 5.32 Å². The Morgan fingerprint density at radius 1 is 1.38 bits per heavy atom. The second kappa shape index (κ2) is 5.34. The molecule has 0 unspecified atom stereocenters. The molecular weight excluding hydrogens is 334 g/mol. The van der Waals surface area contributed by atoms with Crippen molar-refractivity contribution in [2.75, 3.05) is 5.32 Å². The molecule has 102 valence electrons. The van der Waals surface area contributed by atoms with Crippen LogP contribution in [0.4, 0.5) is 5.69 Å². The highest BCUT2D eigenvalue weighted by Crippen LogP contribution is 2.22. The molecule has 2 aromatic heterocycles. The second-order valence-corrected chi connectivity index (χ2v) is 5.14. The molecule has 0 aliphatic rings. The van der Waals surface area contributed by atoms with Crippen molar-refractivity contribution in [1.82, 2.24) is 14.6 Å². The molecule has 0 aliphatic carbocycles. The van der Waals surface area contributed by atoms with Crippen LogP contribution in [0, 0.1) is 11.3 Å². The van der Waals surface area contributed by atoms with E-state index in [-0.39, 0.29) is 5.91 Å². The number of hydrogen-bond acceptors (Lipinski definition) is 4. The number of nitrogens with one attached hydrogen (secondary N) is 1. The summed E-state index contributed by atoms with van der Waals surface area (Å²) >= 11 is 3.32. The Morgan fingerprint density at radius 3 is 3.05 bits per heavy atom. The minimum atomic E-state index is -0.340. The quantitative estimate of drug-likeness (QED) is 0.776. The first-order valence-corrected chi connectivity index (χ1v) is 6.76. The van der Waals surface area contributed by atoms with E-state index in [2.05, 4.69) is 31.3 Å². The molecule has 0 fully saturated rings. The molecule has 0 aliphatic heterocycles. The van der Waals surface area contributed by atoms with Crippen molar-refractivity contribution in [1.29, 1.82) is 5.26 Å². The van der Waals surface area contributed by atoms with Crippen LogP contribution in [0.1, 0.15) is 15.9 Å². The lowest BCUT2D eigenvalue weighted by molar-refractivity contribution is 0.102. The molecule has 21 heavy (non-hydrogen) atoms. The molecule has 0 atom stereocenters. The number of amides is 1. The summed E-state index contributed by atoms with van der Waals surface area (Å²) in [6.45, 7) is 0. The predicted molar refractivity (Wildman–Crippen MR) is 79.8 cm³/mol. The molecule has 2 heterocycles. The van der Waals surface area contributed by atoms with E-state index in [1.165, 1.54) is 6.20 Å². The summed E-state index contributed by atoms with van der Waals surface area (Å²) in [5.41, 5.74) is 1.83. The fourth-order valence-electron chi connectivity index (χ4n) is 1.92. The van der Waals surface area contributed by atoms with Crippen LogP contribution in [-0.4, -0.2) is 20.5 Å². The zero-order valence-corrected chi connectivity index (χ0v) is 12.2. The summed E-state index contributed by atoms with van der Waals surface area (Å²) in [7, 11) is 0. The Kier molecular flexibility index (Phi) is 3.38. The molecule has 3 aromatic rings. The van der Waals surface area contributed by atoms with Gasteiger partial charge in [-0.05, 0) is 18.2 Å². The van der Waals surface area contributed by atoms with Crippen LogP contribution in [-0.2, 0) is 0 Å². The molecule has 6 nitrogen and oxygen atoms in total. The normalized spacial score (nSPS) is 10.3. The van der Waals surface area contributed by atoms with E-state index in [0.717, 1.165) is 4.47 Å². The third-order valence-corrected chi connectivity index (χ3v) is 3.41. The maximum absolute atomic E-state index is 12.4. The van der Waals surface area contributed by atoms with Gasteiger partial charge in [-0.15, -0.1) is 0 Å². The minimum Gasteiger partial charge on any atom is -0.321 e. The Bertz CT molecular complexity index is 880. The number of nitrogens with zero attached hydrogens (tertiary/aromatic N) is 4. The number of carbonyl (C=O) groups is 1. The van der Waals surface area contributed by atoms with Crippen molar-refractivity contribution in [2.45, 2.75) is 0 Å². The molecular formula is C14H8BrN5O. The Labute approximate surface area is 128 Å². The van der Waals surface area contributed by atoms with Crippen molar-refractivity contribution in [2.24, 2.45) is 0 Å². The van der Waals surface area contributed by atoms with Gasteiger partial charge in [-0.1, -0.05) is 15.9 Å². The lowest BCUT2D eigenvalue weighted by Crippen LogP contribution is -2.12. The number of aromatic nitrogens is 3. The maximum atomic E-state index is 12.4. The number of hydrogen-bond donors (Lipinski definition) is 1. The molecule has 0 saturated heterocycles. The molecule has 7 heteroatoms. The van der Waals surface area contributed by atoms with E-state index in [4.69, 9.17) is 5.26 Å². The molecule has 3 rings (SSSR count). The number of halogens is 1. The SMILES string of the molecule is N#Cc1ccc(Br)cc1NC(=O)c1cnn2ccncc12. The summed E-state index contributed by atoms with van der Waals surface area (Å²) in [6, 6.07) is 7.10. The topological polar surface area (TPSA) is 83.1 Å². The van der Waals surface area contributed by atoms with Crippen LogP contribution in [0.5, 0.6) is 0 Å². The van der Waals surface area contributed by atoms with E-state index < -0.39 is 0 Å². The number of carbonyl (C=O) groups excluding carboxylic acids is 1. The summed E-state index contributed by atoms with van der Waals surface area (Å²) in [5.74, 6) is -0.340. The lowest BCUT2D eigenvalue weighted by Gasteiger charge is -2.06. The highest BCUT2D eigenvalue weighted by molar-refractivity contribution is 9.10. The van der Waals surface area contributed by atoms with Crippen LogP contribution >= 0.6 is 15.9 Å². The van der Waals surface area contributed by atoms with Crippen LogP contribution in [0.2, 0.25) is 0 Å². The molecule has 0 spiro atoms. The van der Waals surface area contributed by atoms with Crippen molar-refractivity contribution in [3.8, 4) is 6.07 Å². The van der Waals surface area contributed by atoms with Crippen molar-refractivity contribution in [3.05, 3.63) is 58.6 Å². The van der Waals surface area contributed by atoms with E-state index in [1.54, 1.807) is 41.3 Å². The highest BCUT2D eigenvalue weighted by atomic mass is 79.9. The number of fused-ring (bicyclic) bond motifs is 1. The van der Waals surface area contributed by atoms with Gasteiger partial charge in [0, 0.05) is 16.9 Å². The van der Waals surface area contributed by atoms with Crippen LogP contribution in [0.25, 0.3) is 5.52 Å². The molecule has 1 N–H and O–H groups in total. The van der Waals surface area contributed by atoms with Gasteiger partial charge in [0.15, 0.2) is 0 Å². The van der Waals surface area contributed by atoms with Gasteiger partial charge in [-0.2, -0.15) is 10.4 Å². The Morgan fingerprint density at radius 2 is 2.24 bits per heavy atom. The predicted octanol–water partition coefficient (Wildman–Crippen LogP) is 2.62. The number of benzene rings is 1. The van der Waals surface area contributed by atoms with Crippen molar-refractivity contribution in [3.63, 3.8) is 0 Å². The number of rotatable bonds is 2. The van der Waals surface area contributed by atoms with Crippen molar-refractivity contribution < 1.29 is 4.79 Å². The van der Waals surface area contributed by atoms with Gasteiger partial charge in [-0.25, -0.2) is 4.52 Å². The second-order valence-electron chi connectivity index (χ2n) is 4.22. The van der Waals surface area contributed by atoms with Crippen LogP contribution < -0.4 is 5.32 Å². The van der Waals surface area contributed by atoms with E-state index in [9.17, 15) is 4.79 Å². The lowest BCUT2D eigenvalue weighted by atomic mass is 10.2. The monoisotopic (exact) mass is 341 g/mol. The first-order chi connectivity index (χ1) is 10.2. The van der Waals surface area contributed by atoms with Crippen molar-refractivity contribution >= 4 is 33.0 Å². The largest absolute Gasteiger partial charge is 0.321 e. The summed E-state index contributed by atoms with van der Waals surface area (Å²) in [5, 5.41) is 15.9. The molecule has 0 saturated carbocycles. The van der Waals surface area contributed by atoms with E-state index in [1.807, 2.05) is 6.07 Å². The van der Waals surface area contributed by atoms with Crippen LogP contribution in [0.3, 0.4) is 0 Å². The third kappa shape index (κ3) is 2.49. The summed E-state index contributed by atoms with van der Waals surface area (Å²) in [6.07, 6.45) is 6.28. The first-order valence-electron chi connectivity index (χ1n) is 5.97. The summed E-state index contributed by atoms with van der Waals surface area (Å²) in [4.78, 5) is 16.3. The summed E-state index contributed by atoms with van der Waals surface area (Å²) < 4.78 is 2.34. The number of anilines is 1. The third-order valence-electron chi connectivity index (χ3n) is 2.92. The highest BCUT2D eigenvalue weighted by Gasteiger charge is 2.14.